The van der Waals surface area contributed by atoms with Crippen molar-refractivity contribution in [3.05, 3.63) is 35.3 Å². The first-order valence-electron chi connectivity index (χ1n) is 5.62. The third-order valence-corrected chi connectivity index (χ3v) is 3.86. The van der Waals surface area contributed by atoms with E-state index >= 15 is 0 Å². The van der Waals surface area contributed by atoms with Gasteiger partial charge in [0.2, 0.25) is 0 Å². The van der Waals surface area contributed by atoms with Crippen LogP contribution in [0.5, 0.6) is 0 Å². The smallest absolute Gasteiger partial charge is 0.125 e. The molecular formula is C13H14N2S. The molecule has 0 bridgehead atoms. The first-order chi connectivity index (χ1) is 7.83. The predicted molar refractivity (Wildman–Crippen MR) is 68.4 cm³/mol. The summed E-state index contributed by atoms with van der Waals surface area (Å²) in [5, 5.41) is 3.22. The summed E-state index contributed by atoms with van der Waals surface area (Å²) in [6.45, 7) is 0. The summed E-state index contributed by atoms with van der Waals surface area (Å²) in [5.41, 5.74) is 9.05. The molecule has 1 aromatic heterocycles. The first kappa shape index (κ1) is 9.85. The molecule has 1 aromatic carbocycles. The minimum Gasteiger partial charge on any atom is -0.398 e. The molecule has 0 atom stereocenters. The summed E-state index contributed by atoms with van der Waals surface area (Å²) >= 11 is 1.70. The standard InChI is InChI=1S/C13H14N2S/c14-12-4-2-1-3-11(12)13-15-10(8-16-13)7-9-5-6-9/h1-4,8-9H,5-7,14H2. The van der Waals surface area contributed by atoms with Gasteiger partial charge in [-0.25, -0.2) is 4.98 Å². The average Bonchev–Trinajstić information content (AvgIpc) is 2.97. The lowest BCUT2D eigenvalue weighted by molar-refractivity contribution is 0.812. The maximum Gasteiger partial charge on any atom is 0.125 e. The Balaban J connectivity index is 1.88. The maximum absolute atomic E-state index is 5.94. The number of hydrogen-bond donors (Lipinski definition) is 1. The van der Waals surface area contributed by atoms with Gasteiger partial charge in [-0.15, -0.1) is 11.3 Å². The van der Waals surface area contributed by atoms with E-state index in [9.17, 15) is 0 Å². The highest BCUT2D eigenvalue weighted by molar-refractivity contribution is 7.13. The molecule has 0 radical (unpaired) electrons. The van der Waals surface area contributed by atoms with E-state index in [1.807, 2.05) is 24.3 Å². The molecule has 2 N–H and O–H groups in total. The molecule has 16 heavy (non-hydrogen) atoms. The Labute approximate surface area is 99.1 Å². The number of para-hydroxylation sites is 1. The molecule has 3 rings (SSSR count). The van der Waals surface area contributed by atoms with Crippen molar-refractivity contribution in [1.29, 1.82) is 0 Å². The van der Waals surface area contributed by atoms with Crippen LogP contribution in [0.2, 0.25) is 0 Å². The highest BCUT2D eigenvalue weighted by Gasteiger charge is 2.22. The molecular weight excluding hydrogens is 216 g/mol. The predicted octanol–water partition coefficient (Wildman–Crippen LogP) is 3.34. The van der Waals surface area contributed by atoms with Crippen molar-refractivity contribution >= 4 is 17.0 Å². The lowest BCUT2D eigenvalue weighted by Gasteiger charge is -2.00. The summed E-state index contributed by atoms with van der Waals surface area (Å²) < 4.78 is 0. The van der Waals surface area contributed by atoms with Crippen molar-refractivity contribution < 1.29 is 0 Å². The Morgan fingerprint density at radius 1 is 1.31 bits per heavy atom. The molecule has 1 heterocycles. The van der Waals surface area contributed by atoms with Crippen LogP contribution in [0.1, 0.15) is 18.5 Å². The van der Waals surface area contributed by atoms with Gasteiger partial charge in [0.15, 0.2) is 0 Å². The van der Waals surface area contributed by atoms with Gasteiger partial charge < -0.3 is 5.73 Å². The average molecular weight is 230 g/mol. The first-order valence-corrected chi connectivity index (χ1v) is 6.50. The minimum atomic E-state index is 0.815. The number of anilines is 1. The van der Waals surface area contributed by atoms with Gasteiger partial charge in [-0.05, 0) is 37.3 Å². The third-order valence-electron chi connectivity index (χ3n) is 2.94. The molecule has 3 heteroatoms. The van der Waals surface area contributed by atoms with Gasteiger partial charge in [-0.3, -0.25) is 0 Å². The quantitative estimate of drug-likeness (QED) is 0.821. The van der Waals surface area contributed by atoms with Crippen LogP contribution in [-0.2, 0) is 6.42 Å². The summed E-state index contributed by atoms with van der Waals surface area (Å²) in [6.07, 6.45) is 3.89. The largest absolute Gasteiger partial charge is 0.398 e. The monoisotopic (exact) mass is 230 g/mol. The van der Waals surface area contributed by atoms with Crippen LogP contribution in [0.25, 0.3) is 10.6 Å². The lowest BCUT2D eigenvalue weighted by atomic mass is 10.2. The second-order valence-corrected chi connectivity index (χ2v) is 5.24. The van der Waals surface area contributed by atoms with Crippen LogP contribution < -0.4 is 5.73 Å². The number of nitrogen functional groups attached to an aromatic ring is 1. The van der Waals surface area contributed by atoms with Crippen LogP contribution in [0.15, 0.2) is 29.6 Å². The van der Waals surface area contributed by atoms with E-state index < -0.39 is 0 Å². The van der Waals surface area contributed by atoms with Crippen molar-refractivity contribution in [3.8, 4) is 10.6 Å². The van der Waals surface area contributed by atoms with Gasteiger partial charge >= 0.3 is 0 Å². The number of aromatic nitrogens is 1. The molecule has 2 nitrogen and oxygen atoms in total. The van der Waals surface area contributed by atoms with E-state index in [0.29, 0.717) is 0 Å². The Bertz CT molecular complexity index is 500. The van der Waals surface area contributed by atoms with E-state index in [-0.39, 0.29) is 0 Å². The Morgan fingerprint density at radius 3 is 2.88 bits per heavy atom. The van der Waals surface area contributed by atoms with Gasteiger partial charge in [0.25, 0.3) is 0 Å². The van der Waals surface area contributed by atoms with E-state index in [4.69, 9.17) is 5.73 Å². The maximum atomic E-state index is 5.94. The number of hydrogen-bond acceptors (Lipinski definition) is 3. The van der Waals surface area contributed by atoms with Crippen LogP contribution in [0.4, 0.5) is 5.69 Å². The Morgan fingerprint density at radius 2 is 2.12 bits per heavy atom. The zero-order chi connectivity index (χ0) is 11.0. The summed E-state index contributed by atoms with van der Waals surface area (Å²) in [6, 6.07) is 7.93. The molecule has 1 aliphatic carbocycles. The third kappa shape index (κ3) is 1.95. The SMILES string of the molecule is Nc1ccccc1-c1nc(CC2CC2)cs1. The van der Waals surface area contributed by atoms with Crippen LogP contribution >= 0.6 is 11.3 Å². The highest BCUT2D eigenvalue weighted by atomic mass is 32.1. The second kappa shape index (κ2) is 3.91. The van der Waals surface area contributed by atoms with Crippen molar-refractivity contribution in [2.24, 2.45) is 5.92 Å². The number of nitrogens with zero attached hydrogens (tertiary/aromatic N) is 1. The number of benzene rings is 1. The van der Waals surface area contributed by atoms with E-state index in [1.54, 1.807) is 11.3 Å². The fourth-order valence-corrected chi connectivity index (χ4v) is 2.71. The molecule has 0 unspecified atom stereocenters. The van der Waals surface area contributed by atoms with Crippen LogP contribution in [-0.4, -0.2) is 4.98 Å². The molecule has 1 saturated carbocycles. The summed E-state index contributed by atoms with van der Waals surface area (Å²) in [7, 11) is 0. The number of thiazole rings is 1. The van der Waals surface area contributed by atoms with Crippen molar-refractivity contribution in [2.75, 3.05) is 5.73 Å². The van der Waals surface area contributed by atoms with Gasteiger partial charge in [-0.1, -0.05) is 12.1 Å². The molecule has 2 aromatic rings. The topological polar surface area (TPSA) is 38.9 Å². The van der Waals surface area contributed by atoms with Crippen molar-refractivity contribution in [3.63, 3.8) is 0 Å². The van der Waals surface area contributed by atoms with Crippen molar-refractivity contribution in [1.82, 2.24) is 4.98 Å². The number of nitrogens with two attached hydrogens (primary N) is 1. The van der Waals surface area contributed by atoms with Gasteiger partial charge in [0, 0.05) is 16.6 Å². The normalized spacial score (nSPS) is 15.2. The van der Waals surface area contributed by atoms with Gasteiger partial charge in [-0.2, -0.15) is 0 Å². The van der Waals surface area contributed by atoms with E-state index in [1.165, 1.54) is 18.5 Å². The number of rotatable bonds is 3. The molecule has 0 aliphatic heterocycles. The summed E-state index contributed by atoms with van der Waals surface area (Å²) in [4.78, 5) is 4.66. The highest BCUT2D eigenvalue weighted by Crippen LogP contribution is 2.34. The molecule has 82 valence electrons. The molecule has 1 aliphatic rings. The molecule has 0 saturated heterocycles. The van der Waals surface area contributed by atoms with Crippen LogP contribution in [0.3, 0.4) is 0 Å². The fraction of sp³-hybridized carbons (Fsp3) is 0.308. The van der Waals surface area contributed by atoms with Crippen LogP contribution in [0, 0.1) is 5.92 Å². The molecule has 0 spiro atoms. The van der Waals surface area contributed by atoms with Gasteiger partial charge in [0.1, 0.15) is 5.01 Å². The second-order valence-electron chi connectivity index (χ2n) is 4.38. The lowest BCUT2D eigenvalue weighted by Crippen LogP contribution is -1.90. The van der Waals surface area contributed by atoms with Gasteiger partial charge in [0.05, 0.1) is 5.69 Å². The minimum absolute atomic E-state index is 0.815. The van der Waals surface area contributed by atoms with Crippen molar-refractivity contribution in [2.45, 2.75) is 19.3 Å². The molecule has 1 fully saturated rings. The van der Waals surface area contributed by atoms with E-state index in [0.717, 1.165) is 28.6 Å². The Hall–Kier alpha value is -1.35. The summed E-state index contributed by atoms with van der Waals surface area (Å²) in [5.74, 6) is 0.892. The Kier molecular flexibility index (Phi) is 2.40. The molecule has 0 amide bonds. The zero-order valence-electron chi connectivity index (χ0n) is 9.02. The van der Waals surface area contributed by atoms with E-state index in [2.05, 4.69) is 10.4 Å². The fourth-order valence-electron chi connectivity index (χ4n) is 1.83. The zero-order valence-corrected chi connectivity index (χ0v) is 9.83.